The van der Waals surface area contributed by atoms with Crippen LogP contribution in [0.5, 0.6) is 0 Å². The largest absolute Gasteiger partial charge is 0.383 e. The zero-order valence-corrected chi connectivity index (χ0v) is 19.7. The van der Waals surface area contributed by atoms with Gasteiger partial charge in [0, 0.05) is 53.9 Å². The van der Waals surface area contributed by atoms with Crippen molar-refractivity contribution in [2.45, 2.75) is 0 Å². The summed E-state index contributed by atoms with van der Waals surface area (Å²) in [5, 5.41) is 12.0. The summed E-state index contributed by atoms with van der Waals surface area (Å²) in [5.74, 6) is 1.16. The van der Waals surface area contributed by atoms with E-state index in [-0.39, 0.29) is 5.69 Å². The van der Waals surface area contributed by atoms with E-state index in [4.69, 9.17) is 0 Å². The summed E-state index contributed by atoms with van der Waals surface area (Å²) in [4.78, 5) is 35.5. The van der Waals surface area contributed by atoms with Gasteiger partial charge in [0.05, 0.1) is 34.9 Å². The fourth-order valence-corrected chi connectivity index (χ4v) is 2.40. The molecule has 3 aromatic heterocycles. The summed E-state index contributed by atoms with van der Waals surface area (Å²) >= 11 is 0. The Kier molecular flexibility index (Phi) is 9.04. The Balaban J connectivity index is 0.000000243. The zero-order valence-electron chi connectivity index (χ0n) is 19.7. The number of fused-ring (bicyclic) bond motifs is 1. The Bertz CT molecular complexity index is 1150. The molecule has 11 nitrogen and oxygen atoms in total. The van der Waals surface area contributed by atoms with E-state index < -0.39 is 4.92 Å². The normalized spacial score (nSPS) is 11.2. The molecule has 0 bridgehead atoms. The van der Waals surface area contributed by atoms with Crippen LogP contribution in [0.4, 0.5) is 17.3 Å². The Morgan fingerprint density at radius 1 is 0.939 bits per heavy atom. The van der Waals surface area contributed by atoms with Crippen molar-refractivity contribution in [1.29, 1.82) is 0 Å². The van der Waals surface area contributed by atoms with Crippen LogP contribution in [0.2, 0.25) is 0 Å². The van der Waals surface area contributed by atoms with Gasteiger partial charge in [-0.1, -0.05) is 0 Å². The molecule has 0 unspecified atom stereocenters. The minimum absolute atomic E-state index is 0.0399. The maximum Gasteiger partial charge on any atom is 0.294 e. The number of aromatic nitrogens is 3. The van der Waals surface area contributed by atoms with Crippen LogP contribution in [-0.2, 0) is 0 Å². The standard InChI is InChI=1S/C12H17N5O2.C10H12N4/c1-15(2)6-5-10-7-12(14-9-16(3)4)13-8-11(10)17(18)19;1-14(2)7-13-10-5-8-3-4-11-9(8)6-12-10/h5-9H,1-4H3;3-7,11H,1-2H3/b6-5+,14-9?;. The second kappa shape index (κ2) is 11.9. The van der Waals surface area contributed by atoms with Crippen molar-refractivity contribution in [2.75, 3.05) is 42.3 Å². The quantitative estimate of drug-likeness (QED) is 0.253. The van der Waals surface area contributed by atoms with Crippen LogP contribution in [0, 0.1) is 10.1 Å². The molecule has 3 rings (SSSR count). The highest BCUT2D eigenvalue weighted by atomic mass is 16.6. The number of pyridine rings is 2. The summed E-state index contributed by atoms with van der Waals surface area (Å²) < 4.78 is 0. The van der Waals surface area contributed by atoms with Crippen molar-refractivity contribution >= 4 is 47.0 Å². The van der Waals surface area contributed by atoms with E-state index in [0.29, 0.717) is 11.4 Å². The topological polar surface area (TPSA) is 119 Å². The Hall–Kier alpha value is -4.28. The van der Waals surface area contributed by atoms with E-state index in [1.807, 2.05) is 65.5 Å². The lowest BCUT2D eigenvalue weighted by atomic mass is 10.2. The molecule has 0 aliphatic rings. The smallest absolute Gasteiger partial charge is 0.294 e. The van der Waals surface area contributed by atoms with E-state index in [9.17, 15) is 10.1 Å². The second-order valence-corrected chi connectivity index (χ2v) is 7.66. The van der Waals surface area contributed by atoms with Crippen LogP contribution >= 0.6 is 0 Å². The minimum Gasteiger partial charge on any atom is -0.383 e. The van der Waals surface area contributed by atoms with Gasteiger partial charge < -0.3 is 19.7 Å². The molecule has 0 aromatic carbocycles. The number of nitro groups is 1. The van der Waals surface area contributed by atoms with Gasteiger partial charge in [0.2, 0.25) is 0 Å². The molecule has 1 N–H and O–H groups in total. The average molecular weight is 452 g/mol. The van der Waals surface area contributed by atoms with E-state index in [1.54, 1.807) is 47.0 Å². The first-order valence-electron chi connectivity index (χ1n) is 9.99. The Morgan fingerprint density at radius 3 is 2.12 bits per heavy atom. The second-order valence-electron chi connectivity index (χ2n) is 7.66. The third-order valence-corrected chi connectivity index (χ3v) is 3.91. The van der Waals surface area contributed by atoms with Crippen LogP contribution in [0.3, 0.4) is 0 Å². The number of nitrogens with zero attached hydrogens (tertiary/aromatic N) is 8. The van der Waals surface area contributed by atoms with Crippen LogP contribution in [-0.4, -0.2) is 89.5 Å². The van der Waals surface area contributed by atoms with Gasteiger partial charge in [-0.25, -0.2) is 20.0 Å². The molecule has 3 aromatic rings. The highest BCUT2D eigenvalue weighted by molar-refractivity contribution is 5.81. The van der Waals surface area contributed by atoms with Crippen molar-refractivity contribution in [3.05, 3.63) is 58.7 Å². The van der Waals surface area contributed by atoms with Gasteiger partial charge in [-0.15, -0.1) is 0 Å². The van der Waals surface area contributed by atoms with Gasteiger partial charge in [-0.2, -0.15) is 0 Å². The molecule has 0 radical (unpaired) electrons. The first kappa shape index (κ1) is 25.0. The summed E-state index contributed by atoms with van der Waals surface area (Å²) in [7, 11) is 11.2. The zero-order chi connectivity index (χ0) is 24.4. The number of aromatic amines is 1. The summed E-state index contributed by atoms with van der Waals surface area (Å²) in [6.07, 6.45) is 11.6. The molecule has 174 valence electrons. The maximum absolute atomic E-state index is 10.9. The predicted molar refractivity (Wildman–Crippen MR) is 133 cm³/mol. The van der Waals surface area contributed by atoms with Gasteiger partial charge in [0.1, 0.15) is 6.20 Å². The molecule has 0 amide bonds. The van der Waals surface area contributed by atoms with Crippen LogP contribution < -0.4 is 0 Å². The SMILES string of the molecule is CN(C)C=Nc1cc(/C=C/N(C)C)c([N+](=O)[O-])cn1.CN(C)C=Nc1cc2cc[nH]c2cn1. The van der Waals surface area contributed by atoms with Crippen molar-refractivity contribution in [3.8, 4) is 0 Å². The third-order valence-electron chi connectivity index (χ3n) is 3.91. The molecule has 0 aliphatic heterocycles. The van der Waals surface area contributed by atoms with Crippen molar-refractivity contribution in [2.24, 2.45) is 9.98 Å². The average Bonchev–Trinajstić information content (AvgIpc) is 3.23. The monoisotopic (exact) mass is 451 g/mol. The highest BCUT2D eigenvalue weighted by Crippen LogP contribution is 2.23. The molecule has 0 atom stereocenters. The number of H-pyrrole nitrogens is 1. The number of nitrogens with one attached hydrogen (secondary N) is 1. The fraction of sp³-hybridized carbons (Fsp3) is 0.273. The van der Waals surface area contributed by atoms with Gasteiger partial charge in [-0.05, 0) is 30.5 Å². The Labute approximate surface area is 193 Å². The Morgan fingerprint density at radius 2 is 1.55 bits per heavy atom. The number of hydrogen-bond acceptors (Lipinski definition) is 7. The molecule has 33 heavy (non-hydrogen) atoms. The summed E-state index contributed by atoms with van der Waals surface area (Å²) in [6.45, 7) is 0. The van der Waals surface area contributed by atoms with Gasteiger partial charge in [0.25, 0.3) is 5.69 Å². The molecule has 3 heterocycles. The maximum atomic E-state index is 10.9. The molecule has 0 aliphatic carbocycles. The number of aliphatic imine (C=N–C) groups is 2. The molecule has 0 saturated heterocycles. The van der Waals surface area contributed by atoms with E-state index in [1.165, 1.54) is 6.20 Å². The fourth-order valence-electron chi connectivity index (χ4n) is 2.40. The molecule has 0 saturated carbocycles. The number of rotatable bonds is 7. The molecule has 0 fully saturated rings. The van der Waals surface area contributed by atoms with Crippen LogP contribution in [0.1, 0.15) is 5.56 Å². The van der Waals surface area contributed by atoms with E-state index in [0.717, 1.165) is 16.7 Å². The predicted octanol–water partition coefficient (Wildman–Crippen LogP) is 3.53. The van der Waals surface area contributed by atoms with Crippen molar-refractivity contribution < 1.29 is 4.92 Å². The minimum atomic E-state index is -0.457. The molecule has 0 spiro atoms. The van der Waals surface area contributed by atoms with Crippen molar-refractivity contribution in [1.82, 2.24) is 29.7 Å². The number of hydrogen-bond donors (Lipinski definition) is 1. The lowest BCUT2D eigenvalue weighted by Crippen LogP contribution is -2.07. The van der Waals surface area contributed by atoms with E-state index >= 15 is 0 Å². The lowest BCUT2D eigenvalue weighted by molar-refractivity contribution is -0.385. The molecule has 11 heteroatoms. The molecular weight excluding hydrogens is 422 g/mol. The molecular formula is C22H29N9O2. The summed E-state index contributed by atoms with van der Waals surface area (Å²) in [6, 6.07) is 5.54. The van der Waals surface area contributed by atoms with Gasteiger partial charge >= 0.3 is 0 Å². The van der Waals surface area contributed by atoms with Crippen molar-refractivity contribution in [3.63, 3.8) is 0 Å². The third kappa shape index (κ3) is 8.40. The van der Waals surface area contributed by atoms with Gasteiger partial charge in [-0.3, -0.25) is 10.1 Å². The van der Waals surface area contributed by atoms with Crippen LogP contribution in [0.25, 0.3) is 17.0 Å². The van der Waals surface area contributed by atoms with Gasteiger partial charge in [0.15, 0.2) is 11.6 Å². The van der Waals surface area contributed by atoms with E-state index in [2.05, 4.69) is 24.9 Å². The lowest BCUT2D eigenvalue weighted by Gasteiger charge is -2.05. The first-order valence-corrected chi connectivity index (χ1v) is 9.99. The van der Waals surface area contributed by atoms with Crippen LogP contribution in [0.15, 0.2) is 53.0 Å². The highest BCUT2D eigenvalue weighted by Gasteiger charge is 2.12. The summed E-state index contributed by atoms with van der Waals surface area (Å²) in [5.41, 5.74) is 1.47. The first-order chi connectivity index (χ1) is 15.7.